The van der Waals surface area contributed by atoms with E-state index in [-0.39, 0.29) is 0 Å². The van der Waals surface area contributed by atoms with E-state index in [0.29, 0.717) is 11.2 Å². The second kappa shape index (κ2) is 5.59. The van der Waals surface area contributed by atoms with Gasteiger partial charge in [-0.25, -0.2) is 4.98 Å². The fourth-order valence-corrected chi connectivity index (χ4v) is 3.88. The van der Waals surface area contributed by atoms with Crippen LogP contribution < -0.4 is 4.90 Å². The maximum absolute atomic E-state index is 6.22. The Labute approximate surface area is 134 Å². The van der Waals surface area contributed by atoms with Gasteiger partial charge in [0.15, 0.2) is 5.13 Å². The molecule has 1 aliphatic rings. The topological polar surface area (TPSA) is 37.2 Å². The SMILES string of the molecule is Cc1cc(C)n(C2CN(Cc3sc(N(C)C)nc3Cl)C2)n1. The number of rotatable bonds is 4. The Balaban J connectivity index is 1.61. The smallest absolute Gasteiger partial charge is 0.186 e. The fourth-order valence-electron chi connectivity index (χ4n) is 2.66. The van der Waals surface area contributed by atoms with Crippen LogP contribution in [-0.4, -0.2) is 46.8 Å². The molecule has 0 bridgehead atoms. The zero-order valence-corrected chi connectivity index (χ0v) is 14.4. The number of hydrogen-bond acceptors (Lipinski definition) is 5. The van der Waals surface area contributed by atoms with Gasteiger partial charge in [-0.05, 0) is 19.9 Å². The van der Waals surface area contributed by atoms with Gasteiger partial charge in [0.05, 0.1) is 16.6 Å². The van der Waals surface area contributed by atoms with Gasteiger partial charge in [-0.1, -0.05) is 22.9 Å². The maximum atomic E-state index is 6.22. The summed E-state index contributed by atoms with van der Waals surface area (Å²) < 4.78 is 2.14. The number of likely N-dealkylation sites (tertiary alicyclic amines) is 1. The van der Waals surface area contributed by atoms with E-state index in [9.17, 15) is 0 Å². The van der Waals surface area contributed by atoms with Gasteiger partial charge in [-0.2, -0.15) is 5.10 Å². The summed E-state index contributed by atoms with van der Waals surface area (Å²) in [5, 5.41) is 6.17. The molecule has 0 saturated carbocycles. The van der Waals surface area contributed by atoms with Gasteiger partial charge < -0.3 is 4.90 Å². The molecule has 0 spiro atoms. The third-order valence-electron chi connectivity index (χ3n) is 3.72. The average Bonchev–Trinajstić information content (AvgIpc) is 2.87. The fraction of sp³-hybridized carbons (Fsp3) is 0.571. The summed E-state index contributed by atoms with van der Waals surface area (Å²) in [7, 11) is 3.98. The van der Waals surface area contributed by atoms with Crippen LogP contribution in [0, 0.1) is 13.8 Å². The van der Waals surface area contributed by atoms with Crippen molar-refractivity contribution < 1.29 is 0 Å². The Morgan fingerprint density at radius 2 is 2.10 bits per heavy atom. The molecule has 3 rings (SSSR count). The largest absolute Gasteiger partial charge is 0.354 e. The van der Waals surface area contributed by atoms with Crippen LogP contribution in [0.5, 0.6) is 0 Å². The highest BCUT2D eigenvalue weighted by Crippen LogP contribution is 2.32. The molecule has 0 aliphatic carbocycles. The van der Waals surface area contributed by atoms with Gasteiger partial charge in [0.1, 0.15) is 5.15 Å². The number of anilines is 1. The van der Waals surface area contributed by atoms with Crippen LogP contribution >= 0.6 is 22.9 Å². The number of halogens is 1. The molecule has 1 fully saturated rings. The molecule has 1 saturated heterocycles. The lowest BCUT2D eigenvalue weighted by atomic mass is 10.1. The van der Waals surface area contributed by atoms with Crippen molar-refractivity contribution in [3.05, 3.63) is 27.5 Å². The first-order valence-corrected chi connectivity index (χ1v) is 8.21. The highest BCUT2D eigenvalue weighted by Gasteiger charge is 2.30. The van der Waals surface area contributed by atoms with Crippen molar-refractivity contribution in [2.24, 2.45) is 0 Å². The van der Waals surface area contributed by atoms with Gasteiger partial charge in [0.25, 0.3) is 0 Å². The van der Waals surface area contributed by atoms with E-state index >= 15 is 0 Å². The van der Waals surface area contributed by atoms with Crippen LogP contribution in [0.25, 0.3) is 0 Å². The van der Waals surface area contributed by atoms with Crippen LogP contribution in [0.3, 0.4) is 0 Å². The lowest BCUT2D eigenvalue weighted by molar-refractivity contribution is 0.0904. The van der Waals surface area contributed by atoms with Crippen molar-refractivity contribution in [1.29, 1.82) is 0 Å². The monoisotopic (exact) mass is 325 g/mol. The number of aromatic nitrogens is 3. The third-order valence-corrected chi connectivity index (χ3v) is 5.35. The number of nitrogens with zero attached hydrogens (tertiary/aromatic N) is 5. The molecule has 0 radical (unpaired) electrons. The van der Waals surface area contributed by atoms with Gasteiger partial charge >= 0.3 is 0 Å². The Morgan fingerprint density at radius 1 is 1.38 bits per heavy atom. The van der Waals surface area contributed by atoms with E-state index < -0.39 is 0 Å². The summed E-state index contributed by atoms with van der Waals surface area (Å²) in [6.45, 7) is 7.08. The average molecular weight is 326 g/mol. The Morgan fingerprint density at radius 3 is 2.62 bits per heavy atom. The summed E-state index contributed by atoms with van der Waals surface area (Å²) in [6, 6.07) is 2.62. The lowest BCUT2D eigenvalue weighted by Crippen LogP contribution is -2.47. The van der Waals surface area contributed by atoms with Crippen molar-refractivity contribution in [3.8, 4) is 0 Å². The van der Waals surface area contributed by atoms with Crippen molar-refractivity contribution in [2.75, 3.05) is 32.1 Å². The number of hydrogen-bond donors (Lipinski definition) is 0. The Hall–Kier alpha value is -1.11. The van der Waals surface area contributed by atoms with E-state index in [0.717, 1.165) is 35.3 Å². The van der Waals surface area contributed by atoms with E-state index in [1.165, 1.54) is 5.69 Å². The molecule has 0 amide bonds. The normalized spacial score (nSPS) is 16.2. The highest BCUT2D eigenvalue weighted by atomic mass is 35.5. The summed E-state index contributed by atoms with van der Waals surface area (Å²) in [5.41, 5.74) is 2.33. The van der Waals surface area contributed by atoms with Gasteiger partial charge in [-0.15, -0.1) is 0 Å². The van der Waals surface area contributed by atoms with Gasteiger partial charge in [-0.3, -0.25) is 9.58 Å². The molecule has 0 aromatic carbocycles. The molecule has 1 aliphatic heterocycles. The molecule has 0 atom stereocenters. The zero-order chi connectivity index (χ0) is 15.1. The molecular weight excluding hydrogens is 306 g/mol. The lowest BCUT2D eigenvalue weighted by Gasteiger charge is -2.39. The summed E-state index contributed by atoms with van der Waals surface area (Å²) >= 11 is 7.89. The molecule has 7 heteroatoms. The van der Waals surface area contributed by atoms with E-state index in [2.05, 4.69) is 32.7 Å². The first-order chi connectivity index (χ1) is 9.94. The quantitative estimate of drug-likeness (QED) is 0.866. The molecule has 21 heavy (non-hydrogen) atoms. The van der Waals surface area contributed by atoms with Crippen molar-refractivity contribution in [3.63, 3.8) is 0 Å². The van der Waals surface area contributed by atoms with Gasteiger partial charge in [0, 0.05) is 39.4 Å². The maximum Gasteiger partial charge on any atom is 0.186 e. The van der Waals surface area contributed by atoms with Crippen molar-refractivity contribution >= 4 is 28.1 Å². The van der Waals surface area contributed by atoms with E-state index in [1.807, 2.05) is 25.9 Å². The summed E-state index contributed by atoms with van der Waals surface area (Å²) in [4.78, 5) is 9.91. The minimum atomic E-state index is 0.485. The van der Waals surface area contributed by atoms with E-state index in [4.69, 9.17) is 11.6 Å². The van der Waals surface area contributed by atoms with E-state index in [1.54, 1.807) is 11.3 Å². The number of thiazole rings is 1. The molecule has 2 aromatic heterocycles. The predicted octanol–water partition coefficient (Wildman–Crippen LogP) is 2.73. The van der Waals surface area contributed by atoms with Crippen molar-refractivity contribution in [1.82, 2.24) is 19.7 Å². The van der Waals surface area contributed by atoms with Crippen LogP contribution in [0.4, 0.5) is 5.13 Å². The third kappa shape index (κ3) is 2.93. The minimum Gasteiger partial charge on any atom is -0.354 e. The zero-order valence-electron chi connectivity index (χ0n) is 12.8. The van der Waals surface area contributed by atoms with Crippen LogP contribution in [0.1, 0.15) is 22.3 Å². The van der Waals surface area contributed by atoms with Crippen LogP contribution in [0.2, 0.25) is 5.15 Å². The predicted molar refractivity (Wildman–Crippen MR) is 87.5 cm³/mol. The minimum absolute atomic E-state index is 0.485. The molecule has 0 unspecified atom stereocenters. The summed E-state index contributed by atoms with van der Waals surface area (Å²) in [6.07, 6.45) is 0. The Kier molecular flexibility index (Phi) is 3.94. The second-order valence-electron chi connectivity index (χ2n) is 5.82. The highest BCUT2D eigenvalue weighted by molar-refractivity contribution is 7.16. The second-order valence-corrected chi connectivity index (χ2v) is 7.24. The standard InChI is InChI=1S/C14H20ClN5S/c1-9-5-10(2)20(17-9)11-6-19(7-11)8-12-13(15)16-14(21-12)18(3)4/h5,11H,6-8H2,1-4H3. The molecule has 2 aromatic rings. The Bertz CT molecular complexity index is 642. The molecule has 0 N–H and O–H groups in total. The van der Waals surface area contributed by atoms with Crippen LogP contribution in [-0.2, 0) is 6.54 Å². The first-order valence-electron chi connectivity index (χ1n) is 7.01. The van der Waals surface area contributed by atoms with Gasteiger partial charge in [0.2, 0.25) is 0 Å². The molecule has 114 valence electrons. The number of aryl methyl sites for hydroxylation is 2. The summed E-state index contributed by atoms with van der Waals surface area (Å²) in [5.74, 6) is 0. The van der Waals surface area contributed by atoms with Crippen LogP contribution in [0.15, 0.2) is 6.07 Å². The first kappa shape index (κ1) is 14.8. The van der Waals surface area contributed by atoms with Crippen molar-refractivity contribution in [2.45, 2.75) is 26.4 Å². The molecule has 5 nitrogen and oxygen atoms in total. The molecular formula is C14H20ClN5S. The molecule has 3 heterocycles.